The van der Waals surface area contributed by atoms with E-state index in [1.807, 2.05) is 0 Å². The van der Waals surface area contributed by atoms with Gasteiger partial charge in [0.1, 0.15) is 18.8 Å². The standard InChI is InChI=1S/C16H27NO6/c1-10(2)16(20,11(3)22-4)15(19)23-9-12-5-7-17(21)8-6-13(18)14(12)17/h5,10-11,13-14,18,20H,6-9H2,1-4H3/t11-,13-,14+,16+,17?/m1/s1. The van der Waals surface area contributed by atoms with Gasteiger partial charge in [0.05, 0.1) is 19.2 Å². The summed E-state index contributed by atoms with van der Waals surface area (Å²) in [6, 6.07) is -0.560. The number of carbonyl (C=O) groups excluding carboxylic acids is 1. The van der Waals surface area contributed by atoms with Crippen molar-refractivity contribution in [1.29, 1.82) is 0 Å². The second-order valence-corrected chi connectivity index (χ2v) is 6.87. The molecule has 132 valence electrons. The number of fused-ring (bicyclic) bond motifs is 1. The SMILES string of the molecule is CO[C@H](C)[C@](O)(C(=O)OCC1=CC[N+]2([O-])CC[C@@H](O)[C@H]12)C(C)C. The normalized spacial score (nSPS) is 34.0. The number of methoxy groups -OCH3 is 1. The van der Waals surface area contributed by atoms with Gasteiger partial charge in [0.2, 0.25) is 0 Å². The molecule has 7 nitrogen and oxygen atoms in total. The van der Waals surface area contributed by atoms with Crippen molar-refractivity contribution < 1.29 is 29.1 Å². The first-order valence-corrected chi connectivity index (χ1v) is 8.04. The molecular formula is C16H27NO6. The van der Waals surface area contributed by atoms with E-state index in [1.54, 1.807) is 26.8 Å². The lowest BCUT2D eigenvalue weighted by Gasteiger charge is -2.40. The molecule has 7 heteroatoms. The van der Waals surface area contributed by atoms with E-state index < -0.39 is 40.4 Å². The predicted molar refractivity (Wildman–Crippen MR) is 83.1 cm³/mol. The van der Waals surface area contributed by atoms with E-state index in [9.17, 15) is 20.2 Å². The van der Waals surface area contributed by atoms with E-state index in [-0.39, 0.29) is 13.2 Å². The Balaban J connectivity index is 2.04. The van der Waals surface area contributed by atoms with Gasteiger partial charge < -0.3 is 29.5 Å². The van der Waals surface area contributed by atoms with Crippen molar-refractivity contribution in [2.45, 2.75) is 51.0 Å². The number of nitrogens with zero attached hydrogens (tertiary/aromatic N) is 1. The Kier molecular flexibility index (Phi) is 5.18. The van der Waals surface area contributed by atoms with Crippen LogP contribution in [0, 0.1) is 11.1 Å². The monoisotopic (exact) mass is 329 g/mol. The average molecular weight is 329 g/mol. The summed E-state index contributed by atoms with van der Waals surface area (Å²) in [6.07, 6.45) is 0.762. The molecule has 2 aliphatic heterocycles. The van der Waals surface area contributed by atoms with Crippen molar-refractivity contribution in [3.05, 3.63) is 16.9 Å². The van der Waals surface area contributed by atoms with Crippen LogP contribution in [0.15, 0.2) is 11.6 Å². The molecule has 2 N–H and O–H groups in total. The van der Waals surface area contributed by atoms with Gasteiger partial charge in [-0.25, -0.2) is 4.79 Å². The van der Waals surface area contributed by atoms with Crippen molar-refractivity contribution >= 4 is 5.97 Å². The van der Waals surface area contributed by atoms with Gasteiger partial charge in [0.25, 0.3) is 0 Å². The van der Waals surface area contributed by atoms with Gasteiger partial charge in [0.15, 0.2) is 5.60 Å². The fraction of sp³-hybridized carbons (Fsp3) is 0.812. The van der Waals surface area contributed by atoms with E-state index in [0.29, 0.717) is 18.5 Å². The summed E-state index contributed by atoms with van der Waals surface area (Å²) in [7, 11) is 1.42. The first kappa shape index (κ1) is 18.4. The zero-order valence-electron chi connectivity index (χ0n) is 14.2. The number of aliphatic hydroxyl groups excluding tert-OH is 1. The molecule has 0 aliphatic carbocycles. The molecule has 0 saturated carbocycles. The highest BCUT2D eigenvalue weighted by atomic mass is 16.6. The third kappa shape index (κ3) is 3.04. The van der Waals surface area contributed by atoms with Crippen LogP contribution in [0.25, 0.3) is 0 Å². The zero-order valence-corrected chi connectivity index (χ0v) is 14.2. The number of hydrogen-bond acceptors (Lipinski definition) is 6. The van der Waals surface area contributed by atoms with Crippen LogP contribution in [-0.2, 0) is 14.3 Å². The van der Waals surface area contributed by atoms with Gasteiger partial charge in [-0.2, -0.15) is 0 Å². The van der Waals surface area contributed by atoms with Crippen LogP contribution in [0.3, 0.4) is 0 Å². The maximum atomic E-state index is 12.5. The summed E-state index contributed by atoms with van der Waals surface area (Å²) in [5.41, 5.74) is -1.12. The molecule has 0 aromatic heterocycles. The van der Waals surface area contributed by atoms with Gasteiger partial charge in [0, 0.05) is 19.1 Å². The number of rotatable bonds is 6. The Morgan fingerprint density at radius 1 is 1.52 bits per heavy atom. The second kappa shape index (κ2) is 6.49. The summed E-state index contributed by atoms with van der Waals surface area (Å²) < 4.78 is 9.92. The molecule has 0 spiro atoms. The highest BCUT2D eigenvalue weighted by Crippen LogP contribution is 2.36. The Labute approximate surface area is 136 Å². The lowest BCUT2D eigenvalue weighted by molar-refractivity contribution is -0.877. The van der Waals surface area contributed by atoms with Gasteiger partial charge >= 0.3 is 5.97 Å². The highest BCUT2D eigenvalue weighted by molar-refractivity contribution is 5.80. The Hall–Kier alpha value is -0.990. The molecular weight excluding hydrogens is 302 g/mol. The minimum atomic E-state index is -1.76. The maximum absolute atomic E-state index is 12.5. The number of esters is 1. The van der Waals surface area contributed by atoms with E-state index >= 15 is 0 Å². The van der Waals surface area contributed by atoms with Crippen LogP contribution in [0.2, 0.25) is 0 Å². The Morgan fingerprint density at radius 3 is 2.74 bits per heavy atom. The zero-order chi connectivity index (χ0) is 17.4. The minimum absolute atomic E-state index is 0.0890. The number of aliphatic hydroxyl groups is 2. The number of ether oxygens (including phenoxy) is 2. The van der Waals surface area contributed by atoms with Crippen LogP contribution in [0.4, 0.5) is 0 Å². The van der Waals surface area contributed by atoms with Crippen molar-refractivity contribution in [3.8, 4) is 0 Å². The molecule has 1 fully saturated rings. The van der Waals surface area contributed by atoms with Crippen molar-refractivity contribution in [2.75, 3.05) is 26.8 Å². The summed E-state index contributed by atoms with van der Waals surface area (Å²) in [5.74, 6) is -1.17. The van der Waals surface area contributed by atoms with Crippen LogP contribution >= 0.6 is 0 Å². The molecule has 2 heterocycles. The second-order valence-electron chi connectivity index (χ2n) is 6.87. The Morgan fingerprint density at radius 2 is 2.17 bits per heavy atom. The molecule has 2 rings (SSSR count). The Bertz CT molecular complexity index is 493. The molecule has 0 aromatic carbocycles. The third-order valence-electron chi connectivity index (χ3n) is 5.27. The van der Waals surface area contributed by atoms with E-state index in [0.717, 1.165) is 0 Å². The van der Waals surface area contributed by atoms with Crippen LogP contribution in [-0.4, -0.2) is 71.5 Å². The predicted octanol–water partition coefficient (Wildman–Crippen LogP) is 0.339. The minimum Gasteiger partial charge on any atom is -0.632 e. The molecule has 0 amide bonds. The lowest BCUT2D eigenvalue weighted by Crippen LogP contribution is -2.54. The van der Waals surface area contributed by atoms with Gasteiger partial charge in [-0.15, -0.1) is 0 Å². The molecule has 5 atom stereocenters. The summed E-state index contributed by atoms with van der Waals surface area (Å²) in [6.45, 7) is 5.61. The van der Waals surface area contributed by atoms with E-state index in [4.69, 9.17) is 9.47 Å². The molecule has 0 bridgehead atoms. The van der Waals surface area contributed by atoms with Crippen molar-refractivity contribution in [1.82, 2.24) is 0 Å². The van der Waals surface area contributed by atoms with Crippen LogP contribution in [0.1, 0.15) is 27.2 Å². The smallest absolute Gasteiger partial charge is 0.341 e. The number of hydroxylamine groups is 3. The molecule has 0 aromatic rings. The number of hydrogen-bond donors (Lipinski definition) is 2. The lowest BCUT2D eigenvalue weighted by atomic mass is 9.85. The van der Waals surface area contributed by atoms with Crippen molar-refractivity contribution in [3.63, 3.8) is 0 Å². The molecule has 2 aliphatic rings. The van der Waals surface area contributed by atoms with Gasteiger partial charge in [-0.3, -0.25) is 0 Å². The topological polar surface area (TPSA) is 99.1 Å². The fourth-order valence-electron chi connectivity index (χ4n) is 3.57. The molecule has 23 heavy (non-hydrogen) atoms. The summed E-state index contributed by atoms with van der Waals surface area (Å²) in [4.78, 5) is 12.4. The number of carbonyl (C=O) groups is 1. The van der Waals surface area contributed by atoms with E-state index in [2.05, 4.69) is 0 Å². The first-order valence-electron chi connectivity index (χ1n) is 8.04. The van der Waals surface area contributed by atoms with E-state index in [1.165, 1.54) is 7.11 Å². The van der Waals surface area contributed by atoms with Gasteiger partial charge in [-0.05, 0) is 18.9 Å². The third-order valence-corrected chi connectivity index (χ3v) is 5.27. The van der Waals surface area contributed by atoms with Crippen LogP contribution < -0.4 is 0 Å². The largest absolute Gasteiger partial charge is 0.632 e. The highest BCUT2D eigenvalue weighted by Gasteiger charge is 2.49. The quantitative estimate of drug-likeness (QED) is 0.315. The molecule has 1 unspecified atom stereocenters. The summed E-state index contributed by atoms with van der Waals surface area (Å²) in [5, 5.41) is 33.2. The maximum Gasteiger partial charge on any atom is 0.341 e. The number of quaternary nitrogens is 1. The van der Waals surface area contributed by atoms with Crippen LogP contribution in [0.5, 0.6) is 0 Å². The summed E-state index contributed by atoms with van der Waals surface area (Å²) >= 11 is 0. The molecule has 0 radical (unpaired) electrons. The van der Waals surface area contributed by atoms with Crippen molar-refractivity contribution in [2.24, 2.45) is 5.92 Å². The fourth-order valence-corrected chi connectivity index (χ4v) is 3.57. The molecule has 1 saturated heterocycles. The first-order chi connectivity index (χ1) is 10.7. The average Bonchev–Trinajstić information content (AvgIpc) is 2.99. The van der Waals surface area contributed by atoms with Gasteiger partial charge in [-0.1, -0.05) is 13.8 Å².